The molecule has 0 aliphatic carbocycles. The van der Waals surface area contributed by atoms with Crippen LogP contribution in [0.5, 0.6) is 0 Å². The van der Waals surface area contributed by atoms with E-state index in [1.54, 1.807) is 6.07 Å². The minimum absolute atomic E-state index is 0.00592. The van der Waals surface area contributed by atoms with Crippen LogP contribution in [0.4, 0.5) is 5.69 Å². The monoisotopic (exact) mass is 330 g/mol. The summed E-state index contributed by atoms with van der Waals surface area (Å²) in [5.74, 6) is -0.658. The van der Waals surface area contributed by atoms with Gasteiger partial charge in [-0.1, -0.05) is 34.1 Å². The van der Waals surface area contributed by atoms with E-state index in [4.69, 9.17) is 15.9 Å². The average molecular weight is 331 g/mol. The van der Waals surface area contributed by atoms with Gasteiger partial charge in [-0.25, -0.2) is 0 Å². The predicted molar refractivity (Wildman–Crippen MR) is 82.3 cm³/mol. The van der Waals surface area contributed by atoms with Crippen molar-refractivity contribution >= 4 is 38.5 Å². The molecular formula is C15H11BrN2O2. The lowest BCUT2D eigenvalue weighted by Gasteiger charge is -2.02. The molecule has 5 heteroatoms. The SMILES string of the molecule is NC(=O)c1oc2ccc(-c3cccc(Br)c3)cc2c1N. The van der Waals surface area contributed by atoms with Gasteiger partial charge in [0.25, 0.3) is 5.91 Å². The molecule has 20 heavy (non-hydrogen) atoms. The summed E-state index contributed by atoms with van der Waals surface area (Å²) >= 11 is 3.44. The highest BCUT2D eigenvalue weighted by atomic mass is 79.9. The number of primary amides is 1. The number of halogens is 1. The van der Waals surface area contributed by atoms with E-state index in [9.17, 15) is 4.79 Å². The number of nitrogen functional groups attached to an aromatic ring is 1. The van der Waals surface area contributed by atoms with Crippen LogP contribution >= 0.6 is 15.9 Å². The van der Waals surface area contributed by atoms with Crippen LogP contribution in [0, 0.1) is 0 Å². The Kier molecular flexibility index (Phi) is 2.99. The maximum Gasteiger partial charge on any atom is 0.286 e. The van der Waals surface area contributed by atoms with E-state index >= 15 is 0 Å². The van der Waals surface area contributed by atoms with Crippen molar-refractivity contribution in [1.29, 1.82) is 0 Å². The van der Waals surface area contributed by atoms with Gasteiger partial charge in [-0.05, 0) is 35.4 Å². The third-order valence-corrected chi connectivity index (χ3v) is 3.60. The Bertz CT molecular complexity index is 824. The number of rotatable bonds is 2. The average Bonchev–Trinajstić information content (AvgIpc) is 2.76. The fraction of sp³-hybridized carbons (Fsp3) is 0. The van der Waals surface area contributed by atoms with E-state index in [-0.39, 0.29) is 11.4 Å². The van der Waals surface area contributed by atoms with Crippen LogP contribution in [0.3, 0.4) is 0 Å². The number of carbonyl (C=O) groups is 1. The lowest BCUT2D eigenvalue weighted by atomic mass is 10.0. The molecule has 0 spiro atoms. The predicted octanol–water partition coefficient (Wildman–Crippen LogP) is 3.54. The Morgan fingerprint density at radius 3 is 2.55 bits per heavy atom. The molecule has 0 bridgehead atoms. The Hall–Kier alpha value is -2.27. The first-order valence-electron chi connectivity index (χ1n) is 5.94. The topological polar surface area (TPSA) is 82.2 Å². The van der Waals surface area contributed by atoms with Gasteiger partial charge in [-0.3, -0.25) is 4.79 Å². The fourth-order valence-corrected chi connectivity index (χ4v) is 2.55. The molecule has 100 valence electrons. The largest absolute Gasteiger partial charge is 0.449 e. The quantitative estimate of drug-likeness (QED) is 0.753. The highest BCUT2D eigenvalue weighted by molar-refractivity contribution is 9.10. The Morgan fingerprint density at radius 2 is 1.85 bits per heavy atom. The molecule has 0 aliphatic rings. The summed E-state index contributed by atoms with van der Waals surface area (Å²) < 4.78 is 6.36. The van der Waals surface area contributed by atoms with Gasteiger partial charge in [-0.15, -0.1) is 0 Å². The van der Waals surface area contributed by atoms with E-state index in [1.165, 1.54) is 0 Å². The molecule has 4 N–H and O–H groups in total. The molecule has 0 saturated carbocycles. The second-order valence-corrected chi connectivity index (χ2v) is 5.35. The Balaban J connectivity index is 2.20. The molecule has 0 atom stereocenters. The summed E-state index contributed by atoms with van der Waals surface area (Å²) in [7, 11) is 0. The number of nitrogens with two attached hydrogens (primary N) is 2. The maximum absolute atomic E-state index is 11.2. The molecule has 0 aliphatic heterocycles. The number of carbonyl (C=O) groups excluding carboxylic acids is 1. The first-order valence-corrected chi connectivity index (χ1v) is 6.73. The zero-order valence-corrected chi connectivity index (χ0v) is 12.0. The van der Waals surface area contributed by atoms with Gasteiger partial charge in [-0.2, -0.15) is 0 Å². The number of furan rings is 1. The van der Waals surface area contributed by atoms with Gasteiger partial charge in [0.05, 0.1) is 5.69 Å². The van der Waals surface area contributed by atoms with E-state index in [0.29, 0.717) is 11.0 Å². The zero-order valence-electron chi connectivity index (χ0n) is 10.4. The number of hydrogen-bond donors (Lipinski definition) is 2. The zero-order chi connectivity index (χ0) is 14.3. The molecular weight excluding hydrogens is 320 g/mol. The summed E-state index contributed by atoms with van der Waals surface area (Å²) in [6, 6.07) is 13.5. The summed E-state index contributed by atoms with van der Waals surface area (Å²) in [6.45, 7) is 0. The first-order chi connectivity index (χ1) is 9.56. The number of anilines is 1. The van der Waals surface area contributed by atoms with E-state index in [1.807, 2.05) is 36.4 Å². The minimum Gasteiger partial charge on any atom is -0.449 e. The Labute approximate surface area is 123 Å². The number of benzene rings is 2. The van der Waals surface area contributed by atoms with Crippen molar-refractivity contribution in [1.82, 2.24) is 0 Å². The van der Waals surface area contributed by atoms with Gasteiger partial charge in [0, 0.05) is 9.86 Å². The van der Waals surface area contributed by atoms with Crippen LogP contribution in [0.25, 0.3) is 22.1 Å². The molecule has 0 radical (unpaired) electrons. The lowest BCUT2D eigenvalue weighted by Crippen LogP contribution is -2.11. The molecule has 0 saturated heterocycles. The molecule has 1 heterocycles. The molecule has 3 aromatic rings. The van der Waals surface area contributed by atoms with Crippen LogP contribution in [-0.4, -0.2) is 5.91 Å². The number of hydrogen-bond acceptors (Lipinski definition) is 3. The van der Waals surface area contributed by atoms with E-state index < -0.39 is 5.91 Å². The van der Waals surface area contributed by atoms with Crippen molar-refractivity contribution in [2.45, 2.75) is 0 Å². The summed E-state index contributed by atoms with van der Waals surface area (Å²) in [4.78, 5) is 11.2. The smallest absolute Gasteiger partial charge is 0.286 e. The van der Waals surface area contributed by atoms with Crippen LogP contribution in [0.1, 0.15) is 10.6 Å². The van der Waals surface area contributed by atoms with Crippen LogP contribution in [-0.2, 0) is 0 Å². The maximum atomic E-state index is 11.2. The highest BCUT2D eigenvalue weighted by Crippen LogP contribution is 2.32. The second kappa shape index (κ2) is 4.68. The molecule has 1 aromatic heterocycles. The minimum atomic E-state index is -0.664. The lowest BCUT2D eigenvalue weighted by molar-refractivity contribution is 0.0977. The van der Waals surface area contributed by atoms with Crippen LogP contribution in [0.15, 0.2) is 51.4 Å². The number of fused-ring (bicyclic) bond motifs is 1. The highest BCUT2D eigenvalue weighted by Gasteiger charge is 2.16. The third kappa shape index (κ3) is 2.06. The Morgan fingerprint density at radius 1 is 1.10 bits per heavy atom. The van der Waals surface area contributed by atoms with Gasteiger partial charge in [0.1, 0.15) is 5.58 Å². The van der Waals surface area contributed by atoms with E-state index in [2.05, 4.69) is 15.9 Å². The van der Waals surface area contributed by atoms with Crippen LogP contribution < -0.4 is 11.5 Å². The third-order valence-electron chi connectivity index (χ3n) is 3.11. The van der Waals surface area contributed by atoms with Crippen molar-refractivity contribution in [3.05, 3.63) is 52.7 Å². The van der Waals surface area contributed by atoms with Crippen LogP contribution in [0.2, 0.25) is 0 Å². The van der Waals surface area contributed by atoms with Crippen molar-refractivity contribution in [3.63, 3.8) is 0 Å². The van der Waals surface area contributed by atoms with Crippen molar-refractivity contribution in [3.8, 4) is 11.1 Å². The fourth-order valence-electron chi connectivity index (χ4n) is 2.15. The van der Waals surface area contributed by atoms with Crippen molar-refractivity contribution in [2.24, 2.45) is 5.73 Å². The molecule has 4 nitrogen and oxygen atoms in total. The standard InChI is InChI=1S/C15H11BrN2O2/c16-10-3-1-2-8(6-10)9-4-5-12-11(7-9)13(17)14(20-12)15(18)19/h1-7H,17H2,(H2,18,19). The van der Waals surface area contributed by atoms with Crippen molar-refractivity contribution in [2.75, 3.05) is 5.73 Å². The number of amides is 1. The molecule has 0 unspecified atom stereocenters. The molecule has 2 aromatic carbocycles. The first kappa shape index (κ1) is 12.7. The van der Waals surface area contributed by atoms with Gasteiger partial charge in [0.2, 0.25) is 5.76 Å². The summed E-state index contributed by atoms with van der Waals surface area (Å²) in [6.07, 6.45) is 0. The molecule has 3 rings (SSSR count). The van der Waals surface area contributed by atoms with Gasteiger partial charge >= 0.3 is 0 Å². The van der Waals surface area contributed by atoms with Crippen molar-refractivity contribution < 1.29 is 9.21 Å². The normalized spacial score (nSPS) is 10.8. The second-order valence-electron chi connectivity index (χ2n) is 4.43. The van der Waals surface area contributed by atoms with E-state index in [0.717, 1.165) is 15.6 Å². The molecule has 1 amide bonds. The summed E-state index contributed by atoms with van der Waals surface area (Å²) in [5.41, 5.74) is 14.0. The molecule has 0 fully saturated rings. The van der Waals surface area contributed by atoms with Gasteiger partial charge in [0.15, 0.2) is 0 Å². The summed E-state index contributed by atoms with van der Waals surface area (Å²) in [5, 5.41) is 0.691. The van der Waals surface area contributed by atoms with Gasteiger partial charge < -0.3 is 15.9 Å².